The van der Waals surface area contributed by atoms with E-state index in [1.807, 2.05) is 19.9 Å². The Morgan fingerprint density at radius 2 is 1.95 bits per heavy atom. The van der Waals surface area contributed by atoms with Crippen LogP contribution in [0.5, 0.6) is 0 Å². The van der Waals surface area contributed by atoms with Gasteiger partial charge in [0, 0.05) is 26.2 Å². The monoisotopic (exact) mass is 298 g/mol. The third kappa shape index (κ3) is 3.03. The van der Waals surface area contributed by atoms with E-state index in [2.05, 4.69) is 0 Å². The first kappa shape index (κ1) is 15.4. The molecular formula is C14H22N2O3S. The predicted molar refractivity (Wildman–Crippen MR) is 78.0 cm³/mol. The maximum atomic E-state index is 12.8. The number of sulfonamides is 1. The van der Waals surface area contributed by atoms with Crippen molar-refractivity contribution < 1.29 is 13.2 Å². The summed E-state index contributed by atoms with van der Waals surface area (Å²) in [4.78, 5) is 0.366. The molecule has 5 nitrogen and oxygen atoms in total. The Morgan fingerprint density at radius 1 is 1.20 bits per heavy atom. The van der Waals surface area contributed by atoms with Gasteiger partial charge in [-0.05, 0) is 43.0 Å². The molecule has 0 aromatic heterocycles. The molecule has 20 heavy (non-hydrogen) atoms. The molecule has 0 radical (unpaired) electrons. The van der Waals surface area contributed by atoms with Crippen molar-refractivity contribution in [3.63, 3.8) is 0 Å². The largest absolute Gasteiger partial charge is 0.380 e. The molecule has 0 spiro atoms. The Balaban J connectivity index is 2.42. The van der Waals surface area contributed by atoms with Gasteiger partial charge in [0.2, 0.25) is 10.0 Å². The SMILES string of the molecule is Cc1cc(C)c(S(=O)(=O)N2CCCOCC2)cc1CN. The summed E-state index contributed by atoms with van der Waals surface area (Å²) in [5.41, 5.74) is 8.36. The van der Waals surface area contributed by atoms with Crippen molar-refractivity contribution in [1.82, 2.24) is 4.31 Å². The van der Waals surface area contributed by atoms with Crippen LogP contribution in [0.1, 0.15) is 23.1 Å². The van der Waals surface area contributed by atoms with Gasteiger partial charge in [0.15, 0.2) is 0 Å². The number of hydrogen-bond acceptors (Lipinski definition) is 4. The summed E-state index contributed by atoms with van der Waals surface area (Å²) in [6, 6.07) is 3.61. The molecule has 1 aliphatic heterocycles. The van der Waals surface area contributed by atoms with E-state index >= 15 is 0 Å². The van der Waals surface area contributed by atoms with Crippen LogP contribution in [-0.2, 0) is 21.3 Å². The van der Waals surface area contributed by atoms with E-state index < -0.39 is 10.0 Å². The highest BCUT2D eigenvalue weighted by Gasteiger charge is 2.27. The summed E-state index contributed by atoms with van der Waals surface area (Å²) in [5.74, 6) is 0. The fourth-order valence-electron chi connectivity index (χ4n) is 2.47. The van der Waals surface area contributed by atoms with Crippen LogP contribution in [0.15, 0.2) is 17.0 Å². The second kappa shape index (κ2) is 6.22. The zero-order chi connectivity index (χ0) is 14.8. The molecule has 1 aliphatic rings. The van der Waals surface area contributed by atoms with Crippen LogP contribution < -0.4 is 5.73 Å². The zero-order valence-corrected chi connectivity index (χ0v) is 12.9. The summed E-state index contributed by atoms with van der Waals surface area (Å²) in [6.07, 6.45) is 0.730. The van der Waals surface area contributed by atoms with Gasteiger partial charge in [-0.2, -0.15) is 4.31 Å². The van der Waals surface area contributed by atoms with Crippen molar-refractivity contribution in [2.45, 2.75) is 31.7 Å². The molecule has 1 aromatic rings. The second-order valence-corrected chi connectivity index (χ2v) is 7.02. The molecule has 1 fully saturated rings. The van der Waals surface area contributed by atoms with Crippen LogP contribution in [-0.4, -0.2) is 39.0 Å². The molecule has 0 amide bonds. The van der Waals surface area contributed by atoms with Crippen LogP contribution in [0.4, 0.5) is 0 Å². The third-order valence-electron chi connectivity index (χ3n) is 3.65. The highest BCUT2D eigenvalue weighted by Crippen LogP contribution is 2.24. The Morgan fingerprint density at radius 3 is 2.65 bits per heavy atom. The molecule has 1 heterocycles. The van der Waals surface area contributed by atoms with Crippen molar-refractivity contribution in [2.24, 2.45) is 5.73 Å². The van der Waals surface area contributed by atoms with Gasteiger partial charge in [0.25, 0.3) is 0 Å². The molecule has 6 heteroatoms. The number of rotatable bonds is 3. The van der Waals surface area contributed by atoms with Crippen LogP contribution >= 0.6 is 0 Å². The molecule has 2 N–H and O–H groups in total. The summed E-state index contributed by atoms with van der Waals surface area (Å²) in [6.45, 7) is 6.11. The Labute approximate surface area is 120 Å². The van der Waals surface area contributed by atoms with Gasteiger partial charge in [-0.15, -0.1) is 0 Å². The van der Waals surface area contributed by atoms with Crippen LogP contribution in [0.25, 0.3) is 0 Å². The molecule has 0 saturated carbocycles. The molecule has 1 aromatic carbocycles. The minimum absolute atomic E-state index is 0.345. The smallest absolute Gasteiger partial charge is 0.243 e. The van der Waals surface area contributed by atoms with E-state index in [-0.39, 0.29) is 0 Å². The van der Waals surface area contributed by atoms with Crippen LogP contribution in [0.2, 0.25) is 0 Å². The van der Waals surface area contributed by atoms with Crippen molar-refractivity contribution in [1.29, 1.82) is 0 Å². The van der Waals surface area contributed by atoms with Crippen molar-refractivity contribution >= 4 is 10.0 Å². The first-order valence-corrected chi connectivity index (χ1v) is 8.29. The molecule has 1 saturated heterocycles. The highest BCUT2D eigenvalue weighted by atomic mass is 32.2. The summed E-state index contributed by atoms with van der Waals surface area (Å²) < 4.78 is 32.4. The quantitative estimate of drug-likeness (QED) is 0.909. The first-order chi connectivity index (χ1) is 9.46. The summed E-state index contributed by atoms with van der Waals surface area (Å²) in [5, 5.41) is 0. The standard InChI is InChI=1S/C14H22N2O3S/c1-11-8-12(2)14(9-13(11)10-15)20(17,18)16-4-3-6-19-7-5-16/h8-9H,3-7,10,15H2,1-2H3. The zero-order valence-electron chi connectivity index (χ0n) is 12.1. The lowest BCUT2D eigenvalue weighted by Crippen LogP contribution is -2.33. The average Bonchev–Trinajstić information content (AvgIpc) is 2.67. The van der Waals surface area contributed by atoms with E-state index in [0.717, 1.165) is 23.1 Å². The van der Waals surface area contributed by atoms with Gasteiger partial charge in [-0.3, -0.25) is 0 Å². The van der Waals surface area contributed by atoms with E-state index in [1.54, 1.807) is 6.07 Å². The normalized spacial score (nSPS) is 17.9. The van der Waals surface area contributed by atoms with E-state index in [1.165, 1.54) is 4.31 Å². The molecule has 0 bridgehead atoms. The van der Waals surface area contributed by atoms with Crippen molar-refractivity contribution in [3.05, 3.63) is 28.8 Å². The molecule has 0 atom stereocenters. The lowest BCUT2D eigenvalue weighted by molar-refractivity contribution is 0.148. The first-order valence-electron chi connectivity index (χ1n) is 6.85. The number of hydrogen-bond donors (Lipinski definition) is 1. The van der Waals surface area contributed by atoms with E-state index in [9.17, 15) is 8.42 Å². The molecule has 2 rings (SSSR count). The maximum Gasteiger partial charge on any atom is 0.243 e. The molecule has 0 aliphatic carbocycles. The Bertz CT molecular complexity index is 576. The minimum atomic E-state index is -3.47. The molecular weight excluding hydrogens is 276 g/mol. The lowest BCUT2D eigenvalue weighted by atomic mass is 10.1. The van der Waals surface area contributed by atoms with Gasteiger partial charge in [0.1, 0.15) is 0 Å². The number of ether oxygens (including phenoxy) is 1. The van der Waals surface area contributed by atoms with E-state index in [4.69, 9.17) is 10.5 Å². The predicted octanol–water partition coefficient (Wildman–Crippen LogP) is 1.17. The van der Waals surface area contributed by atoms with Gasteiger partial charge < -0.3 is 10.5 Å². The second-order valence-electron chi connectivity index (χ2n) is 5.12. The summed E-state index contributed by atoms with van der Waals surface area (Å²) >= 11 is 0. The van der Waals surface area contributed by atoms with E-state index in [0.29, 0.717) is 37.7 Å². The van der Waals surface area contributed by atoms with Crippen molar-refractivity contribution in [3.8, 4) is 0 Å². The topological polar surface area (TPSA) is 72.6 Å². The number of benzene rings is 1. The number of nitrogens with two attached hydrogens (primary N) is 1. The fraction of sp³-hybridized carbons (Fsp3) is 0.571. The van der Waals surface area contributed by atoms with Gasteiger partial charge in [0.05, 0.1) is 11.5 Å². The van der Waals surface area contributed by atoms with Crippen LogP contribution in [0, 0.1) is 13.8 Å². The van der Waals surface area contributed by atoms with Gasteiger partial charge in [-0.1, -0.05) is 6.07 Å². The lowest BCUT2D eigenvalue weighted by Gasteiger charge is -2.21. The Kier molecular flexibility index (Phi) is 4.80. The maximum absolute atomic E-state index is 12.8. The minimum Gasteiger partial charge on any atom is -0.380 e. The highest BCUT2D eigenvalue weighted by molar-refractivity contribution is 7.89. The Hall–Kier alpha value is -0.950. The average molecular weight is 298 g/mol. The van der Waals surface area contributed by atoms with Crippen molar-refractivity contribution in [2.75, 3.05) is 26.3 Å². The van der Waals surface area contributed by atoms with Crippen LogP contribution in [0.3, 0.4) is 0 Å². The number of nitrogens with zero attached hydrogens (tertiary/aromatic N) is 1. The molecule has 112 valence electrons. The van der Waals surface area contributed by atoms with Gasteiger partial charge >= 0.3 is 0 Å². The molecule has 0 unspecified atom stereocenters. The number of aryl methyl sites for hydroxylation is 2. The van der Waals surface area contributed by atoms with Gasteiger partial charge in [-0.25, -0.2) is 8.42 Å². The summed E-state index contributed by atoms with van der Waals surface area (Å²) in [7, 11) is -3.47. The third-order valence-corrected chi connectivity index (χ3v) is 5.69. The fourth-order valence-corrected chi connectivity index (χ4v) is 4.19.